The van der Waals surface area contributed by atoms with Crippen LogP contribution in [0.15, 0.2) is 60.8 Å². The summed E-state index contributed by atoms with van der Waals surface area (Å²) in [6.07, 6.45) is 2.08. The molecule has 0 unspecified atom stereocenters. The Hall–Kier alpha value is -3.60. The first-order valence-electron chi connectivity index (χ1n) is 9.66. The van der Waals surface area contributed by atoms with Crippen LogP contribution < -0.4 is 18.9 Å². The lowest BCUT2D eigenvalue weighted by Gasteiger charge is -2.18. The van der Waals surface area contributed by atoms with E-state index >= 15 is 0 Å². The number of methoxy groups -OCH3 is 4. The summed E-state index contributed by atoms with van der Waals surface area (Å²) in [5.74, 6) is 2.80. The number of aromatic nitrogens is 1. The van der Waals surface area contributed by atoms with Crippen LogP contribution in [0.3, 0.4) is 0 Å². The fraction of sp³-hybridized carbons (Fsp3) is 0.200. The van der Waals surface area contributed by atoms with E-state index < -0.39 is 0 Å². The quantitative estimate of drug-likeness (QED) is 0.419. The van der Waals surface area contributed by atoms with Crippen LogP contribution >= 0.6 is 0 Å². The fourth-order valence-corrected chi connectivity index (χ4v) is 3.94. The van der Waals surface area contributed by atoms with Crippen molar-refractivity contribution in [2.45, 2.75) is 6.92 Å². The number of ether oxygens (including phenoxy) is 4. The van der Waals surface area contributed by atoms with Gasteiger partial charge in [0, 0.05) is 23.0 Å². The van der Waals surface area contributed by atoms with Gasteiger partial charge in [0.1, 0.15) is 0 Å². The average molecular weight is 403 g/mol. The molecule has 5 heteroatoms. The van der Waals surface area contributed by atoms with Crippen LogP contribution in [0.1, 0.15) is 5.69 Å². The maximum absolute atomic E-state index is 5.55. The summed E-state index contributed by atoms with van der Waals surface area (Å²) in [7, 11) is 6.59. The summed E-state index contributed by atoms with van der Waals surface area (Å²) in [5.41, 5.74) is 6.57. The van der Waals surface area contributed by atoms with Crippen molar-refractivity contribution in [3.63, 3.8) is 0 Å². The lowest BCUT2D eigenvalue weighted by atomic mass is 9.92. The summed E-state index contributed by atoms with van der Waals surface area (Å²) in [6, 6.07) is 18.4. The SMILES string of the molecule is COc1ccc(-c2cc3cccn3c(C)c2-c2ccc(OC)c(OC)c2)cc1OC. The molecule has 4 rings (SSSR count). The fourth-order valence-electron chi connectivity index (χ4n) is 3.94. The van der Waals surface area contributed by atoms with Gasteiger partial charge in [-0.05, 0) is 66.1 Å². The van der Waals surface area contributed by atoms with Gasteiger partial charge in [0.25, 0.3) is 0 Å². The van der Waals surface area contributed by atoms with Gasteiger partial charge in [-0.25, -0.2) is 0 Å². The molecule has 2 aromatic heterocycles. The zero-order valence-electron chi connectivity index (χ0n) is 17.9. The normalized spacial score (nSPS) is 10.8. The van der Waals surface area contributed by atoms with Crippen LogP contribution in [0.2, 0.25) is 0 Å². The van der Waals surface area contributed by atoms with Crippen LogP contribution in [0.5, 0.6) is 23.0 Å². The van der Waals surface area contributed by atoms with E-state index in [1.54, 1.807) is 28.4 Å². The van der Waals surface area contributed by atoms with Crippen molar-refractivity contribution in [3.8, 4) is 45.3 Å². The lowest BCUT2D eigenvalue weighted by molar-refractivity contribution is 0.355. The maximum Gasteiger partial charge on any atom is 0.161 e. The highest BCUT2D eigenvalue weighted by Crippen LogP contribution is 2.41. The molecule has 0 aliphatic rings. The molecule has 0 saturated carbocycles. The molecule has 0 aliphatic heterocycles. The molecule has 2 heterocycles. The minimum atomic E-state index is 0.695. The van der Waals surface area contributed by atoms with Gasteiger partial charge in [-0.15, -0.1) is 0 Å². The Balaban J connectivity index is 2.01. The number of benzene rings is 2. The van der Waals surface area contributed by atoms with Crippen LogP contribution in [0.25, 0.3) is 27.8 Å². The van der Waals surface area contributed by atoms with Crippen LogP contribution in [0.4, 0.5) is 0 Å². The third-order valence-electron chi connectivity index (χ3n) is 5.43. The van der Waals surface area contributed by atoms with Crippen molar-refractivity contribution in [1.29, 1.82) is 0 Å². The van der Waals surface area contributed by atoms with Crippen molar-refractivity contribution in [2.24, 2.45) is 0 Å². The zero-order chi connectivity index (χ0) is 21.3. The van der Waals surface area contributed by atoms with Crippen molar-refractivity contribution >= 4 is 5.52 Å². The Morgan fingerprint density at radius 1 is 0.633 bits per heavy atom. The van der Waals surface area contributed by atoms with Gasteiger partial charge < -0.3 is 23.3 Å². The second-order valence-electron chi connectivity index (χ2n) is 6.96. The summed E-state index contributed by atoms with van der Waals surface area (Å²) in [6.45, 7) is 2.13. The molecule has 0 saturated heterocycles. The number of nitrogens with zero attached hydrogens (tertiary/aromatic N) is 1. The van der Waals surface area contributed by atoms with E-state index in [-0.39, 0.29) is 0 Å². The predicted octanol–water partition coefficient (Wildman–Crippen LogP) is 5.62. The van der Waals surface area contributed by atoms with Gasteiger partial charge in [-0.1, -0.05) is 12.1 Å². The molecule has 4 aromatic rings. The number of pyridine rings is 1. The van der Waals surface area contributed by atoms with Crippen molar-refractivity contribution in [1.82, 2.24) is 4.40 Å². The van der Waals surface area contributed by atoms with Crippen molar-refractivity contribution in [3.05, 3.63) is 66.5 Å². The molecule has 0 bridgehead atoms. The van der Waals surface area contributed by atoms with Gasteiger partial charge in [0.15, 0.2) is 23.0 Å². The molecular weight excluding hydrogens is 378 g/mol. The first-order chi connectivity index (χ1) is 14.6. The molecule has 0 radical (unpaired) electrons. The molecule has 0 amide bonds. The van der Waals surface area contributed by atoms with Gasteiger partial charge in [0.05, 0.1) is 28.4 Å². The Morgan fingerprint density at radius 3 is 1.80 bits per heavy atom. The topological polar surface area (TPSA) is 41.3 Å². The van der Waals surface area contributed by atoms with Crippen LogP contribution in [0, 0.1) is 6.92 Å². The third kappa shape index (κ3) is 3.22. The second kappa shape index (κ2) is 8.03. The predicted molar refractivity (Wildman–Crippen MR) is 119 cm³/mol. The Bertz CT molecular complexity index is 1210. The number of aryl methyl sites for hydroxylation is 1. The molecule has 0 fully saturated rings. The highest BCUT2D eigenvalue weighted by Gasteiger charge is 2.17. The molecular formula is C25H25NO4. The molecule has 2 aromatic carbocycles. The monoisotopic (exact) mass is 403 g/mol. The van der Waals surface area contributed by atoms with Gasteiger partial charge in [-0.3, -0.25) is 0 Å². The highest BCUT2D eigenvalue weighted by atomic mass is 16.5. The minimum Gasteiger partial charge on any atom is -0.493 e. The highest BCUT2D eigenvalue weighted by molar-refractivity contribution is 5.89. The molecule has 154 valence electrons. The minimum absolute atomic E-state index is 0.695. The zero-order valence-corrected chi connectivity index (χ0v) is 17.9. The lowest BCUT2D eigenvalue weighted by Crippen LogP contribution is -1.99. The molecule has 0 spiro atoms. The number of fused-ring (bicyclic) bond motifs is 1. The van der Waals surface area contributed by atoms with E-state index in [2.05, 4.69) is 47.9 Å². The van der Waals surface area contributed by atoms with E-state index in [0.29, 0.717) is 23.0 Å². The Kier molecular flexibility index (Phi) is 5.27. The Labute approximate surface area is 176 Å². The van der Waals surface area contributed by atoms with Gasteiger partial charge in [-0.2, -0.15) is 0 Å². The largest absolute Gasteiger partial charge is 0.493 e. The summed E-state index contributed by atoms with van der Waals surface area (Å²) >= 11 is 0. The van der Waals surface area contributed by atoms with E-state index in [1.807, 2.05) is 24.3 Å². The van der Waals surface area contributed by atoms with E-state index in [0.717, 1.165) is 33.5 Å². The summed E-state index contributed by atoms with van der Waals surface area (Å²) < 4.78 is 24.1. The maximum atomic E-state index is 5.55. The molecule has 30 heavy (non-hydrogen) atoms. The Morgan fingerprint density at radius 2 is 1.20 bits per heavy atom. The molecule has 0 aliphatic carbocycles. The first kappa shape index (κ1) is 19.7. The smallest absolute Gasteiger partial charge is 0.161 e. The number of hydrogen-bond acceptors (Lipinski definition) is 4. The van der Waals surface area contributed by atoms with E-state index in [4.69, 9.17) is 18.9 Å². The van der Waals surface area contributed by atoms with Crippen LogP contribution in [-0.4, -0.2) is 32.8 Å². The summed E-state index contributed by atoms with van der Waals surface area (Å²) in [4.78, 5) is 0. The average Bonchev–Trinajstić information content (AvgIpc) is 3.27. The molecule has 0 N–H and O–H groups in total. The standard InChI is InChI=1S/C25H25NO4/c1-16-25(18-9-11-22(28-3)24(14-18)30-5)20(15-19-7-6-12-26(16)19)17-8-10-21(27-2)23(13-17)29-4/h6-15H,1-5H3. The number of hydrogen-bond donors (Lipinski definition) is 0. The second-order valence-corrected chi connectivity index (χ2v) is 6.96. The summed E-state index contributed by atoms with van der Waals surface area (Å²) in [5, 5.41) is 0. The first-order valence-corrected chi connectivity index (χ1v) is 9.66. The van der Waals surface area contributed by atoms with Gasteiger partial charge in [0.2, 0.25) is 0 Å². The van der Waals surface area contributed by atoms with Crippen molar-refractivity contribution < 1.29 is 18.9 Å². The number of rotatable bonds is 6. The third-order valence-corrected chi connectivity index (χ3v) is 5.43. The van der Waals surface area contributed by atoms with E-state index in [9.17, 15) is 0 Å². The van der Waals surface area contributed by atoms with Crippen LogP contribution in [-0.2, 0) is 0 Å². The van der Waals surface area contributed by atoms with E-state index in [1.165, 1.54) is 0 Å². The molecule has 5 nitrogen and oxygen atoms in total. The van der Waals surface area contributed by atoms with Crippen molar-refractivity contribution in [2.75, 3.05) is 28.4 Å². The van der Waals surface area contributed by atoms with Gasteiger partial charge >= 0.3 is 0 Å². The molecule has 0 atom stereocenters.